The lowest BCUT2D eigenvalue weighted by molar-refractivity contribution is -0.129. The van der Waals surface area contributed by atoms with Gasteiger partial charge in [0.1, 0.15) is 0 Å². The number of hydrogen-bond donors (Lipinski definition) is 2. The maximum absolute atomic E-state index is 12.1. The van der Waals surface area contributed by atoms with Crippen LogP contribution in [0.3, 0.4) is 0 Å². The van der Waals surface area contributed by atoms with Gasteiger partial charge in [0.2, 0.25) is 5.91 Å². The van der Waals surface area contributed by atoms with Crippen molar-refractivity contribution >= 4 is 5.91 Å². The van der Waals surface area contributed by atoms with Gasteiger partial charge < -0.3 is 10.4 Å². The zero-order valence-corrected chi connectivity index (χ0v) is 12.3. The third kappa shape index (κ3) is 6.06. The highest BCUT2D eigenvalue weighted by Crippen LogP contribution is 2.37. The fourth-order valence-corrected chi connectivity index (χ4v) is 1.79. The molecule has 0 saturated carbocycles. The highest BCUT2D eigenvalue weighted by atomic mass is 16.3. The maximum Gasteiger partial charge on any atom is 0.223 e. The minimum Gasteiger partial charge on any atom is -0.395 e. The Morgan fingerprint density at radius 1 is 1.24 bits per heavy atom. The Hall–Kier alpha value is -0.570. The van der Waals surface area contributed by atoms with Crippen LogP contribution in [0.5, 0.6) is 0 Å². The molecule has 0 aromatic carbocycles. The van der Waals surface area contributed by atoms with Crippen molar-refractivity contribution in [3.63, 3.8) is 0 Å². The number of aliphatic hydroxyl groups excluding tert-OH is 1. The number of rotatable bonds is 6. The van der Waals surface area contributed by atoms with Crippen LogP contribution in [0.4, 0.5) is 0 Å². The van der Waals surface area contributed by atoms with Crippen molar-refractivity contribution < 1.29 is 9.90 Å². The average molecular weight is 243 g/mol. The molecular formula is C14H29NO2. The number of carbonyl (C=O) groups is 1. The molecule has 0 bridgehead atoms. The molecule has 0 aromatic heterocycles. The first-order chi connectivity index (χ1) is 7.64. The quantitative estimate of drug-likeness (QED) is 0.753. The van der Waals surface area contributed by atoms with E-state index in [9.17, 15) is 4.79 Å². The Labute approximate surface area is 106 Å². The molecule has 0 saturated heterocycles. The molecule has 0 spiro atoms. The van der Waals surface area contributed by atoms with Crippen LogP contribution in [-0.2, 0) is 4.79 Å². The largest absolute Gasteiger partial charge is 0.395 e. The molecular weight excluding hydrogens is 214 g/mol. The number of carbonyl (C=O) groups excluding carboxylic acids is 1. The van der Waals surface area contributed by atoms with Gasteiger partial charge >= 0.3 is 0 Å². The summed E-state index contributed by atoms with van der Waals surface area (Å²) in [5.41, 5.74) is 0.125. The van der Waals surface area contributed by atoms with E-state index in [0.29, 0.717) is 6.54 Å². The summed E-state index contributed by atoms with van der Waals surface area (Å²) in [7, 11) is 0. The lowest BCUT2D eigenvalue weighted by Gasteiger charge is -2.35. The molecule has 1 unspecified atom stereocenters. The maximum atomic E-state index is 12.1. The number of nitrogens with one attached hydrogen (secondary N) is 1. The van der Waals surface area contributed by atoms with Gasteiger partial charge in [0, 0.05) is 12.5 Å². The summed E-state index contributed by atoms with van der Waals surface area (Å²) in [5, 5.41) is 11.6. The van der Waals surface area contributed by atoms with E-state index in [2.05, 4.69) is 46.9 Å². The summed E-state index contributed by atoms with van der Waals surface area (Å²) in [6.07, 6.45) is 1.94. The second kappa shape index (κ2) is 6.39. The van der Waals surface area contributed by atoms with Crippen molar-refractivity contribution in [3.05, 3.63) is 0 Å². The molecule has 2 N–H and O–H groups in total. The first-order valence-corrected chi connectivity index (χ1v) is 6.52. The van der Waals surface area contributed by atoms with Crippen LogP contribution in [0.25, 0.3) is 0 Å². The van der Waals surface area contributed by atoms with E-state index in [4.69, 9.17) is 5.11 Å². The van der Waals surface area contributed by atoms with Crippen LogP contribution in [0.1, 0.15) is 54.4 Å². The van der Waals surface area contributed by atoms with Gasteiger partial charge in [0.25, 0.3) is 0 Å². The van der Waals surface area contributed by atoms with E-state index in [1.165, 1.54) is 0 Å². The number of hydrogen-bond acceptors (Lipinski definition) is 2. The van der Waals surface area contributed by atoms with E-state index in [1.54, 1.807) is 0 Å². The zero-order chi connectivity index (χ0) is 13.7. The van der Waals surface area contributed by atoms with Gasteiger partial charge in [0.15, 0.2) is 0 Å². The van der Waals surface area contributed by atoms with Crippen molar-refractivity contribution in [3.8, 4) is 0 Å². The second-order valence-corrected chi connectivity index (χ2v) is 6.66. The molecule has 0 aliphatic rings. The Bertz CT molecular complexity index is 241. The summed E-state index contributed by atoms with van der Waals surface area (Å²) >= 11 is 0. The third-order valence-electron chi connectivity index (χ3n) is 3.49. The summed E-state index contributed by atoms with van der Waals surface area (Å²) in [6, 6.07) is 0. The van der Waals surface area contributed by atoms with Crippen LogP contribution in [0.2, 0.25) is 0 Å². The highest BCUT2D eigenvalue weighted by Gasteiger charge is 2.35. The zero-order valence-electron chi connectivity index (χ0n) is 12.3. The molecule has 0 radical (unpaired) electrons. The Morgan fingerprint density at radius 3 is 2.12 bits per heavy atom. The van der Waals surface area contributed by atoms with Gasteiger partial charge in [-0.25, -0.2) is 0 Å². The first-order valence-electron chi connectivity index (χ1n) is 6.52. The standard InChI is InChI=1S/C14H29NO2/c1-7-14(5,6)10-11(13(2,3)4)12(17)15-8-9-16/h11,16H,7-10H2,1-6H3,(H,15,17). The fraction of sp³-hybridized carbons (Fsp3) is 0.929. The predicted molar refractivity (Wildman–Crippen MR) is 71.7 cm³/mol. The van der Waals surface area contributed by atoms with Gasteiger partial charge in [-0.2, -0.15) is 0 Å². The van der Waals surface area contributed by atoms with E-state index >= 15 is 0 Å². The minimum absolute atomic E-state index is 0.000225. The summed E-state index contributed by atoms with van der Waals surface area (Å²) in [5.74, 6) is 0.0528. The van der Waals surface area contributed by atoms with Gasteiger partial charge in [-0.15, -0.1) is 0 Å². The van der Waals surface area contributed by atoms with Crippen LogP contribution >= 0.6 is 0 Å². The molecule has 0 rings (SSSR count). The average Bonchev–Trinajstić information content (AvgIpc) is 2.21. The Morgan fingerprint density at radius 2 is 1.76 bits per heavy atom. The van der Waals surface area contributed by atoms with Crippen molar-refractivity contribution in [1.29, 1.82) is 0 Å². The molecule has 17 heavy (non-hydrogen) atoms. The van der Waals surface area contributed by atoms with Crippen LogP contribution in [0.15, 0.2) is 0 Å². The molecule has 0 heterocycles. The lowest BCUT2D eigenvalue weighted by Crippen LogP contribution is -2.41. The normalized spacial score (nSPS) is 14.5. The second-order valence-electron chi connectivity index (χ2n) is 6.66. The van der Waals surface area contributed by atoms with E-state index in [-0.39, 0.29) is 29.3 Å². The van der Waals surface area contributed by atoms with Gasteiger partial charge in [-0.3, -0.25) is 4.79 Å². The van der Waals surface area contributed by atoms with Crippen LogP contribution in [-0.4, -0.2) is 24.2 Å². The summed E-state index contributed by atoms with van der Waals surface area (Å²) in [4.78, 5) is 12.1. The van der Waals surface area contributed by atoms with Crippen molar-refractivity contribution in [2.75, 3.05) is 13.2 Å². The van der Waals surface area contributed by atoms with Crippen molar-refractivity contribution in [2.24, 2.45) is 16.7 Å². The Balaban J connectivity index is 4.72. The van der Waals surface area contributed by atoms with Gasteiger partial charge in [-0.1, -0.05) is 48.0 Å². The fourth-order valence-electron chi connectivity index (χ4n) is 1.79. The van der Waals surface area contributed by atoms with E-state index < -0.39 is 0 Å². The summed E-state index contributed by atoms with van der Waals surface area (Å²) in [6.45, 7) is 13.2. The molecule has 0 aliphatic heterocycles. The van der Waals surface area contributed by atoms with Gasteiger partial charge in [0.05, 0.1) is 6.61 Å². The first kappa shape index (κ1) is 16.4. The van der Waals surface area contributed by atoms with E-state index in [0.717, 1.165) is 12.8 Å². The molecule has 0 fully saturated rings. The van der Waals surface area contributed by atoms with E-state index in [1.807, 2.05) is 0 Å². The van der Waals surface area contributed by atoms with Crippen molar-refractivity contribution in [2.45, 2.75) is 54.4 Å². The highest BCUT2D eigenvalue weighted by molar-refractivity contribution is 5.79. The third-order valence-corrected chi connectivity index (χ3v) is 3.49. The molecule has 3 nitrogen and oxygen atoms in total. The molecule has 0 aromatic rings. The van der Waals surface area contributed by atoms with Crippen molar-refractivity contribution in [1.82, 2.24) is 5.32 Å². The van der Waals surface area contributed by atoms with Gasteiger partial charge in [-0.05, 0) is 17.3 Å². The monoisotopic (exact) mass is 243 g/mol. The number of amides is 1. The topological polar surface area (TPSA) is 49.3 Å². The minimum atomic E-state index is -0.0496. The molecule has 3 heteroatoms. The molecule has 102 valence electrons. The summed E-state index contributed by atoms with van der Waals surface area (Å²) < 4.78 is 0. The van der Waals surface area contributed by atoms with Crippen LogP contribution < -0.4 is 5.32 Å². The molecule has 0 aliphatic carbocycles. The number of aliphatic hydroxyl groups is 1. The Kier molecular flexibility index (Phi) is 6.17. The molecule has 1 atom stereocenters. The predicted octanol–water partition coefficient (Wildman–Crippen LogP) is 2.58. The molecule has 1 amide bonds. The lowest BCUT2D eigenvalue weighted by atomic mass is 9.70. The SMILES string of the molecule is CCC(C)(C)CC(C(=O)NCCO)C(C)(C)C. The van der Waals surface area contributed by atoms with Crippen LogP contribution in [0, 0.1) is 16.7 Å². The smallest absolute Gasteiger partial charge is 0.223 e.